The zero-order valence-corrected chi connectivity index (χ0v) is 13.6. The van der Waals surface area contributed by atoms with Crippen molar-refractivity contribution in [1.82, 2.24) is 10.3 Å². The van der Waals surface area contributed by atoms with E-state index in [1.54, 1.807) is 0 Å². The van der Waals surface area contributed by atoms with Crippen LogP contribution >= 0.6 is 0 Å². The Morgan fingerprint density at radius 3 is 2.92 bits per heavy atom. The first-order valence-corrected chi connectivity index (χ1v) is 8.09. The maximum Gasteiger partial charge on any atom is 0.319 e. The van der Waals surface area contributed by atoms with Gasteiger partial charge in [-0.3, -0.25) is 0 Å². The number of anilines is 1. The zero-order chi connectivity index (χ0) is 16.8. The molecule has 2 aromatic carbocycles. The maximum absolute atomic E-state index is 12.0. The molecule has 0 saturated heterocycles. The van der Waals surface area contributed by atoms with Crippen LogP contribution in [0.4, 0.5) is 10.5 Å². The van der Waals surface area contributed by atoms with Crippen LogP contribution < -0.4 is 15.4 Å². The van der Waals surface area contributed by atoms with E-state index in [1.807, 2.05) is 55.6 Å². The number of amides is 2. The Labute approximate surface area is 141 Å². The van der Waals surface area contributed by atoms with Gasteiger partial charge in [-0.05, 0) is 37.1 Å². The Balaban J connectivity index is 1.51. The average Bonchev–Trinajstić information content (AvgIpc) is 2.99. The minimum absolute atomic E-state index is 0.219. The Bertz CT molecular complexity index is 826. The van der Waals surface area contributed by atoms with Gasteiger partial charge < -0.3 is 20.4 Å². The van der Waals surface area contributed by atoms with Crippen molar-refractivity contribution in [3.8, 4) is 5.75 Å². The Morgan fingerprint density at radius 2 is 2.04 bits per heavy atom. The second-order valence-electron chi connectivity index (χ2n) is 5.45. The van der Waals surface area contributed by atoms with Crippen molar-refractivity contribution in [2.24, 2.45) is 0 Å². The molecule has 124 valence electrons. The van der Waals surface area contributed by atoms with Crippen LogP contribution in [0.1, 0.15) is 12.5 Å². The molecule has 0 radical (unpaired) electrons. The molecule has 0 bridgehead atoms. The van der Waals surface area contributed by atoms with E-state index in [9.17, 15) is 4.79 Å². The Hall–Kier alpha value is -2.95. The van der Waals surface area contributed by atoms with Crippen LogP contribution in [0.3, 0.4) is 0 Å². The van der Waals surface area contributed by atoms with Crippen molar-refractivity contribution >= 4 is 22.6 Å². The highest BCUT2D eigenvalue weighted by molar-refractivity contribution is 5.89. The fourth-order valence-corrected chi connectivity index (χ4v) is 2.65. The fourth-order valence-electron chi connectivity index (χ4n) is 2.65. The van der Waals surface area contributed by atoms with Gasteiger partial charge in [0.2, 0.25) is 0 Å². The largest absolute Gasteiger partial charge is 0.494 e. The normalized spacial score (nSPS) is 10.5. The van der Waals surface area contributed by atoms with Gasteiger partial charge in [0.1, 0.15) is 5.75 Å². The lowest BCUT2D eigenvalue weighted by atomic mass is 10.1. The molecule has 0 unspecified atom stereocenters. The molecule has 1 aromatic heterocycles. The van der Waals surface area contributed by atoms with Crippen molar-refractivity contribution < 1.29 is 9.53 Å². The average molecular weight is 323 g/mol. The second-order valence-corrected chi connectivity index (χ2v) is 5.45. The van der Waals surface area contributed by atoms with Crippen LogP contribution in [-0.2, 0) is 6.42 Å². The topological polar surface area (TPSA) is 66.2 Å². The van der Waals surface area contributed by atoms with E-state index in [2.05, 4.69) is 21.7 Å². The van der Waals surface area contributed by atoms with Gasteiger partial charge >= 0.3 is 6.03 Å². The number of nitrogens with one attached hydrogen (secondary N) is 3. The smallest absolute Gasteiger partial charge is 0.319 e. The third-order valence-electron chi connectivity index (χ3n) is 3.76. The van der Waals surface area contributed by atoms with Crippen LogP contribution in [0.2, 0.25) is 0 Å². The molecule has 3 N–H and O–H groups in total. The molecule has 5 nitrogen and oxygen atoms in total. The molecule has 24 heavy (non-hydrogen) atoms. The summed E-state index contributed by atoms with van der Waals surface area (Å²) in [6.45, 7) is 3.09. The van der Waals surface area contributed by atoms with Crippen LogP contribution in [0, 0.1) is 0 Å². The first-order valence-electron chi connectivity index (χ1n) is 8.09. The minimum atomic E-state index is -0.219. The lowest BCUT2D eigenvalue weighted by molar-refractivity contribution is 0.252. The van der Waals surface area contributed by atoms with Crippen LogP contribution in [0.25, 0.3) is 10.9 Å². The van der Waals surface area contributed by atoms with Gasteiger partial charge in [-0.1, -0.05) is 24.3 Å². The van der Waals surface area contributed by atoms with Crippen LogP contribution in [0.15, 0.2) is 54.7 Å². The van der Waals surface area contributed by atoms with Crippen molar-refractivity contribution in [3.63, 3.8) is 0 Å². The summed E-state index contributed by atoms with van der Waals surface area (Å²) in [6.07, 6.45) is 2.77. The van der Waals surface area contributed by atoms with E-state index in [1.165, 1.54) is 10.9 Å². The molecule has 5 heteroatoms. The second kappa shape index (κ2) is 7.55. The highest BCUT2D eigenvalue weighted by Gasteiger charge is 2.05. The summed E-state index contributed by atoms with van der Waals surface area (Å²) < 4.78 is 5.42. The van der Waals surface area contributed by atoms with E-state index < -0.39 is 0 Å². The van der Waals surface area contributed by atoms with E-state index in [0.29, 0.717) is 18.8 Å². The van der Waals surface area contributed by atoms with Gasteiger partial charge in [-0.2, -0.15) is 0 Å². The van der Waals surface area contributed by atoms with Gasteiger partial charge in [0.05, 0.1) is 6.61 Å². The number of urea groups is 1. The molecular weight excluding hydrogens is 302 g/mol. The number of benzene rings is 2. The van der Waals surface area contributed by atoms with Gasteiger partial charge in [0, 0.05) is 35.4 Å². The number of H-pyrrole nitrogens is 1. The minimum Gasteiger partial charge on any atom is -0.494 e. The number of carbonyl (C=O) groups excluding carboxylic acids is 1. The van der Waals surface area contributed by atoms with Crippen molar-refractivity contribution in [2.45, 2.75) is 13.3 Å². The number of fused-ring (bicyclic) bond motifs is 1. The number of para-hydroxylation sites is 1. The van der Waals surface area contributed by atoms with Crippen molar-refractivity contribution in [2.75, 3.05) is 18.5 Å². The zero-order valence-electron chi connectivity index (χ0n) is 13.6. The summed E-state index contributed by atoms with van der Waals surface area (Å²) in [7, 11) is 0. The number of aromatic nitrogens is 1. The highest BCUT2D eigenvalue weighted by atomic mass is 16.5. The Kier molecular flexibility index (Phi) is 5.01. The van der Waals surface area contributed by atoms with E-state index >= 15 is 0 Å². The first-order chi connectivity index (χ1) is 11.8. The summed E-state index contributed by atoms with van der Waals surface area (Å²) in [6, 6.07) is 15.3. The highest BCUT2D eigenvalue weighted by Crippen LogP contribution is 2.18. The third-order valence-corrected chi connectivity index (χ3v) is 3.76. The predicted molar refractivity (Wildman–Crippen MR) is 96.6 cm³/mol. The first kappa shape index (κ1) is 15.9. The van der Waals surface area contributed by atoms with Crippen LogP contribution in [0.5, 0.6) is 5.75 Å². The summed E-state index contributed by atoms with van der Waals surface area (Å²) in [5.41, 5.74) is 3.03. The number of hydrogen-bond donors (Lipinski definition) is 3. The SMILES string of the molecule is CCOc1cccc(NC(=O)NCCc2c[nH]c3ccccc23)c1. The molecule has 0 aliphatic carbocycles. The summed E-state index contributed by atoms with van der Waals surface area (Å²) >= 11 is 0. The number of rotatable bonds is 6. The van der Waals surface area contributed by atoms with Crippen LogP contribution in [-0.4, -0.2) is 24.2 Å². The molecule has 3 aromatic rings. The standard InChI is InChI=1S/C19H21N3O2/c1-2-24-16-7-5-6-15(12-16)22-19(23)20-11-10-14-13-21-18-9-4-3-8-17(14)18/h3-9,12-13,21H,2,10-11H2,1H3,(H2,20,22,23). The molecule has 0 atom stereocenters. The van der Waals surface area contributed by atoms with Crippen molar-refractivity contribution in [1.29, 1.82) is 0 Å². The molecule has 0 aliphatic heterocycles. The Morgan fingerprint density at radius 1 is 1.17 bits per heavy atom. The van der Waals surface area contributed by atoms with E-state index in [4.69, 9.17) is 4.74 Å². The number of carbonyl (C=O) groups is 1. The van der Waals surface area contributed by atoms with Gasteiger partial charge in [-0.25, -0.2) is 4.79 Å². The van der Waals surface area contributed by atoms with Gasteiger partial charge in [0.15, 0.2) is 0 Å². The number of hydrogen-bond acceptors (Lipinski definition) is 2. The molecule has 0 saturated carbocycles. The molecular formula is C19H21N3O2. The van der Waals surface area contributed by atoms with Gasteiger partial charge in [0.25, 0.3) is 0 Å². The fraction of sp³-hybridized carbons (Fsp3) is 0.211. The van der Waals surface area contributed by atoms with Gasteiger partial charge in [-0.15, -0.1) is 0 Å². The molecule has 2 amide bonds. The van der Waals surface area contributed by atoms with E-state index in [-0.39, 0.29) is 6.03 Å². The lowest BCUT2D eigenvalue weighted by Gasteiger charge is -2.09. The maximum atomic E-state index is 12.0. The predicted octanol–water partition coefficient (Wildman–Crippen LogP) is 3.93. The lowest BCUT2D eigenvalue weighted by Crippen LogP contribution is -2.30. The summed E-state index contributed by atoms with van der Waals surface area (Å²) in [5, 5.41) is 6.90. The molecule has 3 rings (SSSR count). The molecule has 1 heterocycles. The quantitative estimate of drug-likeness (QED) is 0.643. The summed E-state index contributed by atoms with van der Waals surface area (Å²) in [5.74, 6) is 0.745. The number of ether oxygens (including phenoxy) is 1. The third kappa shape index (κ3) is 3.87. The monoisotopic (exact) mass is 323 g/mol. The molecule has 0 spiro atoms. The molecule has 0 fully saturated rings. The molecule has 0 aliphatic rings. The van der Waals surface area contributed by atoms with E-state index in [0.717, 1.165) is 17.7 Å². The number of aromatic amines is 1. The van der Waals surface area contributed by atoms with Crippen molar-refractivity contribution in [3.05, 3.63) is 60.3 Å². The summed E-state index contributed by atoms with van der Waals surface area (Å²) in [4.78, 5) is 15.2.